The van der Waals surface area contributed by atoms with E-state index in [1.807, 2.05) is 56.2 Å². The third kappa shape index (κ3) is 2.60. The topological polar surface area (TPSA) is 43.9 Å². The number of hydrogen-bond donors (Lipinski definition) is 0. The summed E-state index contributed by atoms with van der Waals surface area (Å²) in [4.78, 5) is 0. The van der Waals surface area contributed by atoms with Crippen molar-refractivity contribution in [1.29, 1.82) is 0 Å². The lowest BCUT2D eigenvalue weighted by Gasteiger charge is -2.29. The van der Waals surface area contributed by atoms with Gasteiger partial charge in [-0.05, 0) is 26.0 Å². The average molecular weight is 295 g/mol. The summed E-state index contributed by atoms with van der Waals surface area (Å²) in [5.41, 5.74) is 2.84. The normalized spacial score (nSPS) is 16.0. The quantitative estimate of drug-likeness (QED) is 0.850. The molecule has 0 spiro atoms. The van der Waals surface area contributed by atoms with Crippen LogP contribution in [0.25, 0.3) is 0 Å². The van der Waals surface area contributed by atoms with Gasteiger partial charge in [-0.2, -0.15) is 0 Å². The van der Waals surface area contributed by atoms with Crippen molar-refractivity contribution in [2.24, 2.45) is 0 Å². The van der Waals surface area contributed by atoms with Gasteiger partial charge in [-0.15, -0.1) is 0 Å². The van der Waals surface area contributed by atoms with E-state index < -0.39 is 10.0 Å². The number of para-hydroxylation sites is 1. The number of hydrazine groups is 1. The van der Waals surface area contributed by atoms with Crippen LogP contribution < -0.4 is 5.01 Å². The Morgan fingerprint density at radius 2 is 1.85 bits per heavy atom. The van der Waals surface area contributed by atoms with Crippen molar-refractivity contribution in [3.05, 3.63) is 41.7 Å². The molecule has 0 radical (unpaired) electrons. The third-order valence-corrected chi connectivity index (χ3v) is 4.89. The predicted molar refractivity (Wildman–Crippen MR) is 81.5 cm³/mol. The highest BCUT2D eigenvalue weighted by atomic mass is 32.2. The van der Waals surface area contributed by atoms with E-state index in [9.17, 15) is 8.42 Å². The van der Waals surface area contributed by atoms with E-state index in [0.717, 1.165) is 17.1 Å². The highest BCUT2D eigenvalue weighted by molar-refractivity contribution is 7.88. The first-order valence-corrected chi connectivity index (χ1v) is 8.44. The Bertz CT molecular complexity index is 611. The van der Waals surface area contributed by atoms with Crippen LogP contribution in [0.1, 0.15) is 13.8 Å². The second kappa shape index (κ2) is 5.36. The zero-order valence-electron chi connectivity index (χ0n) is 12.4. The van der Waals surface area contributed by atoms with Crippen molar-refractivity contribution < 1.29 is 8.42 Å². The fourth-order valence-corrected chi connectivity index (χ4v) is 3.54. The Labute approximate surface area is 121 Å². The first-order chi connectivity index (χ1) is 9.36. The molecular formula is C14H21N3O2S. The lowest BCUT2D eigenvalue weighted by molar-refractivity contribution is 0.422. The van der Waals surface area contributed by atoms with Crippen molar-refractivity contribution in [3.8, 4) is 0 Å². The van der Waals surface area contributed by atoms with Crippen LogP contribution in [0.3, 0.4) is 0 Å². The molecule has 5 nitrogen and oxygen atoms in total. The van der Waals surface area contributed by atoms with E-state index in [1.165, 1.54) is 10.6 Å². The maximum absolute atomic E-state index is 11.9. The first kappa shape index (κ1) is 14.7. The number of sulfonamides is 1. The lowest BCUT2D eigenvalue weighted by Crippen LogP contribution is -2.35. The number of rotatable bonds is 4. The number of nitrogens with zero attached hydrogens (tertiary/aromatic N) is 3. The van der Waals surface area contributed by atoms with Gasteiger partial charge in [0.1, 0.15) is 0 Å². The standard InChI is InChI=1S/C14H21N3O2S/c1-5-17(20(4,18)19)14-11-16(15(3)12(14)2)13-9-7-6-8-10-13/h6-10H,5,11H2,1-4H3. The van der Waals surface area contributed by atoms with Crippen molar-refractivity contribution in [3.63, 3.8) is 0 Å². The van der Waals surface area contributed by atoms with E-state index in [-0.39, 0.29) is 0 Å². The Kier molecular flexibility index (Phi) is 3.94. The molecule has 1 heterocycles. The molecule has 0 N–H and O–H groups in total. The SMILES string of the molecule is CCN(C1=C(C)N(C)N(c2ccccc2)C1)S(C)(=O)=O. The lowest BCUT2D eigenvalue weighted by atomic mass is 10.3. The van der Waals surface area contributed by atoms with Gasteiger partial charge in [0.2, 0.25) is 10.0 Å². The monoisotopic (exact) mass is 295 g/mol. The number of likely N-dealkylation sites (N-methyl/N-ethyl adjacent to an activating group) is 1. The molecule has 0 aromatic heterocycles. The maximum Gasteiger partial charge on any atom is 0.232 e. The number of anilines is 1. The molecule has 0 saturated heterocycles. The van der Waals surface area contributed by atoms with E-state index in [0.29, 0.717) is 13.1 Å². The van der Waals surface area contributed by atoms with Gasteiger partial charge in [0, 0.05) is 13.6 Å². The second-order valence-electron chi connectivity index (χ2n) is 4.88. The number of benzene rings is 1. The van der Waals surface area contributed by atoms with Gasteiger partial charge in [0.25, 0.3) is 0 Å². The molecule has 1 aliphatic rings. The van der Waals surface area contributed by atoms with E-state index in [4.69, 9.17) is 0 Å². The minimum absolute atomic E-state index is 0.446. The van der Waals surface area contributed by atoms with E-state index >= 15 is 0 Å². The van der Waals surface area contributed by atoms with Gasteiger partial charge in [0.05, 0.1) is 29.9 Å². The number of hydrogen-bond acceptors (Lipinski definition) is 4. The summed E-state index contributed by atoms with van der Waals surface area (Å²) in [6.45, 7) is 4.81. The molecule has 1 aromatic carbocycles. The molecule has 1 aromatic rings. The number of allylic oxidation sites excluding steroid dienone is 1. The highest BCUT2D eigenvalue weighted by Gasteiger charge is 2.31. The van der Waals surface area contributed by atoms with Crippen LogP contribution in [-0.4, -0.2) is 44.1 Å². The van der Waals surface area contributed by atoms with Crippen LogP contribution in [0.5, 0.6) is 0 Å². The third-order valence-electron chi connectivity index (χ3n) is 3.61. The zero-order valence-corrected chi connectivity index (χ0v) is 13.2. The largest absolute Gasteiger partial charge is 0.291 e. The molecule has 0 amide bonds. The van der Waals surface area contributed by atoms with Gasteiger partial charge in [-0.25, -0.2) is 8.42 Å². The molecule has 0 bridgehead atoms. The van der Waals surface area contributed by atoms with E-state index in [2.05, 4.69) is 5.01 Å². The molecule has 1 aliphatic heterocycles. The minimum Gasteiger partial charge on any atom is -0.291 e. The summed E-state index contributed by atoms with van der Waals surface area (Å²) in [6.07, 6.45) is 1.25. The molecule has 0 atom stereocenters. The smallest absolute Gasteiger partial charge is 0.232 e. The summed E-state index contributed by atoms with van der Waals surface area (Å²) < 4.78 is 25.3. The molecule has 6 heteroatoms. The van der Waals surface area contributed by atoms with Gasteiger partial charge < -0.3 is 0 Å². The van der Waals surface area contributed by atoms with Crippen LogP contribution in [0.4, 0.5) is 5.69 Å². The summed E-state index contributed by atoms with van der Waals surface area (Å²) in [6, 6.07) is 9.96. The van der Waals surface area contributed by atoms with Crippen LogP contribution >= 0.6 is 0 Å². The van der Waals surface area contributed by atoms with E-state index in [1.54, 1.807) is 0 Å². The fourth-order valence-electron chi connectivity index (χ4n) is 2.48. The molecule has 0 unspecified atom stereocenters. The van der Waals surface area contributed by atoms with Gasteiger partial charge >= 0.3 is 0 Å². The highest BCUT2D eigenvalue weighted by Crippen LogP contribution is 2.29. The summed E-state index contributed by atoms with van der Waals surface area (Å²) >= 11 is 0. The summed E-state index contributed by atoms with van der Waals surface area (Å²) in [5, 5.41) is 4.07. The Balaban J connectivity index is 2.34. The van der Waals surface area contributed by atoms with Gasteiger partial charge in [-0.1, -0.05) is 18.2 Å². The Morgan fingerprint density at radius 3 is 2.35 bits per heavy atom. The minimum atomic E-state index is -3.24. The zero-order chi connectivity index (χ0) is 14.9. The second-order valence-corrected chi connectivity index (χ2v) is 6.78. The first-order valence-electron chi connectivity index (χ1n) is 6.60. The van der Waals surface area contributed by atoms with Crippen LogP contribution in [-0.2, 0) is 10.0 Å². The molecule has 2 rings (SSSR count). The molecule has 0 fully saturated rings. The van der Waals surface area contributed by atoms with Gasteiger partial charge in [-0.3, -0.25) is 14.3 Å². The van der Waals surface area contributed by atoms with Crippen LogP contribution in [0, 0.1) is 0 Å². The molecule has 20 heavy (non-hydrogen) atoms. The van der Waals surface area contributed by atoms with Gasteiger partial charge in [0.15, 0.2) is 0 Å². The van der Waals surface area contributed by atoms with Crippen molar-refractivity contribution in [2.75, 3.05) is 31.4 Å². The van der Waals surface area contributed by atoms with Crippen molar-refractivity contribution in [2.45, 2.75) is 13.8 Å². The summed E-state index contributed by atoms with van der Waals surface area (Å²) in [7, 11) is -1.29. The Morgan fingerprint density at radius 1 is 1.25 bits per heavy atom. The van der Waals surface area contributed by atoms with Crippen LogP contribution in [0.15, 0.2) is 41.7 Å². The van der Waals surface area contributed by atoms with Crippen LogP contribution in [0.2, 0.25) is 0 Å². The summed E-state index contributed by atoms with van der Waals surface area (Å²) in [5.74, 6) is 0. The van der Waals surface area contributed by atoms with Crippen molar-refractivity contribution >= 4 is 15.7 Å². The molecular weight excluding hydrogens is 274 g/mol. The van der Waals surface area contributed by atoms with Crippen molar-refractivity contribution in [1.82, 2.24) is 9.31 Å². The fraction of sp³-hybridized carbons (Fsp3) is 0.429. The molecule has 0 aliphatic carbocycles. The Hall–Kier alpha value is -1.69. The molecule has 110 valence electrons. The maximum atomic E-state index is 11.9. The average Bonchev–Trinajstić information content (AvgIpc) is 2.68. The molecule has 0 saturated carbocycles. The predicted octanol–water partition coefficient (Wildman–Crippen LogP) is 1.87.